The normalized spacial score (nSPS) is 17.9. The number of hydrogen-bond acceptors (Lipinski definition) is 4. The van der Waals surface area contributed by atoms with Crippen molar-refractivity contribution in [3.8, 4) is 0 Å². The van der Waals surface area contributed by atoms with Gasteiger partial charge in [0.2, 0.25) is 11.8 Å². The van der Waals surface area contributed by atoms with Gasteiger partial charge in [0.05, 0.1) is 6.04 Å². The average Bonchev–Trinajstić information content (AvgIpc) is 3.12. The van der Waals surface area contributed by atoms with E-state index in [4.69, 9.17) is 0 Å². The van der Waals surface area contributed by atoms with Crippen molar-refractivity contribution in [3.63, 3.8) is 0 Å². The second-order valence-corrected chi connectivity index (χ2v) is 5.84. The van der Waals surface area contributed by atoms with Crippen LogP contribution in [0.5, 0.6) is 0 Å². The number of hydrogen-bond donors (Lipinski definition) is 4. The smallest absolute Gasteiger partial charge is 0.328 e. The van der Waals surface area contributed by atoms with E-state index in [2.05, 4.69) is 16.0 Å². The van der Waals surface area contributed by atoms with Gasteiger partial charge >= 0.3 is 5.97 Å². The summed E-state index contributed by atoms with van der Waals surface area (Å²) in [5.74, 6) is -1.73. The zero-order chi connectivity index (χ0) is 17.4. The minimum absolute atomic E-state index is 0.124. The van der Waals surface area contributed by atoms with Crippen LogP contribution in [0.15, 0.2) is 30.3 Å². The lowest BCUT2D eigenvalue weighted by atomic mass is 10.1. The minimum Gasteiger partial charge on any atom is -0.480 e. The number of benzene rings is 1. The zero-order valence-corrected chi connectivity index (χ0v) is 13.5. The lowest BCUT2D eigenvalue weighted by molar-refractivity contribution is -0.142. The number of carbonyl (C=O) groups is 3. The van der Waals surface area contributed by atoms with Crippen molar-refractivity contribution < 1.29 is 19.5 Å². The van der Waals surface area contributed by atoms with Gasteiger partial charge in [0.15, 0.2) is 0 Å². The molecule has 130 valence electrons. The quantitative estimate of drug-likeness (QED) is 0.538. The largest absolute Gasteiger partial charge is 0.480 e. The lowest BCUT2D eigenvalue weighted by Gasteiger charge is -2.18. The van der Waals surface area contributed by atoms with E-state index < -0.39 is 12.0 Å². The van der Waals surface area contributed by atoms with Crippen LogP contribution in [-0.4, -0.2) is 48.1 Å². The SMILES string of the molecule is O=C(CCc1ccccc1)NC[C@H](NC(=O)[C@@H]1CCCN1)C(=O)O. The summed E-state index contributed by atoms with van der Waals surface area (Å²) in [6.45, 7) is 0.632. The third-order valence-electron chi connectivity index (χ3n) is 3.98. The highest BCUT2D eigenvalue weighted by Gasteiger charge is 2.27. The van der Waals surface area contributed by atoms with Crippen molar-refractivity contribution in [2.45, 2.75) is 37.8 Å². The fourth-order valence-corrected chi connectivity index (χ4v) is 2.59. The molecule has 0 aromatic heterocycles. The first kappa shape index (κ1) is 17.9. The Bertz CT molecular complexity index is 570. The molecule has 1 aromatic carbocycles. The predicted octanol–water partition coefficient (Wildman–Crippen LogP) is 0.0568. The Labute approximate surface area is 140 Å². The first-order valence-corrected chi connectivity index (χ1v) is 8.13. The summed E-state index contributed by atoms with van der Waals surface area (Å²) < 4.78 is 0. The third-order valence-corrected chi connectivity index (χ3v) is 3.98. The second kappa shape index (κ2) is 9.02. The van der Waals surface area contributed by atoms with E-state index >= 15 is 0 Å². The van der Waals surface area contributed by atoms with Crippen molar-refractivity contribution >= 4 is 17.8 Å². The van der Waals surface area contributed by atoms with E-state index in [1.165, 1.54) is 0 Å². The molecular formula is C17H23N3O4. The monoisotopic (exact) mass is 333 g/mol. The lowest BCUT2D eigenvalue weighted by Crippen LogP contribution is -2.52. The molecule has 7 nitrogen and oxygen atoms in total. The van der Waals surface area contributed by atoms with Crippen molar-refractivity contribution in [2.75, 3.05) is 13.1 Å². The van der Waals surface area contributed by atoms with Crippen LogP contribution in [-0.2, 0) is 20.8 Å². The highest BCUT2D eigenvalue weighted by Crippen LogP contribution is 2.05. The summed E-state index contributed by atoms with van der Waals surface area (Å²) in [7, 11) is 0. The van der Waals surface area contributed by atoms with Crippen molar-refractivity contribution in [2.24, 2.45) is 0 Å². The van der Waals surface area contributed by atoms with Gasteiger partial charge in [-0.3, -0.25) is 9.59 Å². The Morgan fingerprint density at radius 1 is 1.25 bits per heavy atom. The van der Waals surface area contributed by atoms with Crippen LogP contribution in [0.25, 0.3) is 0 Å². The number of amides is 2. The number of carboxylic acid groups (broad SMARTS) is 1. The van der Waals surface area contributed by atoms with Gasteiger partial charge in [0.1, 0.15) is 6.04 Å². The van der Waals surface area contributed by atoms with Crippen molar-refractivity contribution in [1.82, 2.24) is 16.0 Å². The van der Waals surface area contributed by atoms with Crippen LogP contribution in [0, 0.1) is 0 Å². The maximum absolute atomic E-state index is 12.0. The van der Waals surface area contributed by atoms with Crippen molar-refractivity contribution in [3.05, 3.63) is 35.9 Å². The molecule has 2 rings (SSSR count). The van der Waals surface area contributed by atoms with Gasteiger partial charge in [-0.1, -0.05) is 30.3 Å². The molecule has 1 saturated heterocycles. The Kier molecular flexibility index (Phi) is 6.74. The van der Waals surface area contributed by atoms with Crippen LogP contribution in [0.3, 0.4) is 0 Å². The van der Waals surface area contributed by atoms with Crippen molar-refractivity contribution in [1.29, 1.82) is 0 Å². The highest BCUT2D eigenvalue weighted by molar-refractivity contribution is 5.87. The number of nitrogens with one attached hydrogen (secondary N) is 3. The summed E-state index contributed by atoms with van der Waals surface area (Å²) >= 11 is 0. The van der Waals surface area contributed by atoms with Gasteiger partial charge in [-0.05, 0) is 31.4 Å². The number of carbonyl (C=O) groups excluding carboxylic acids is 2. The van der Waals surface area contributed by atoms with Gasteiger partial charge in [0, 0.05) is 13.0 Å². The Balaban J connectivity index is 1.75. The topological polar surface area (TPSA) is 108 Å². The van der Waals surface area contributed by atoms with Crippen LogP contribution < -0.4 is 16.0 Å². The molecule has 1 fully saturated rings. The fraction of sp³-hybridized carbons (Fsp3) is 0.471. The maximum atomic E-state index is 12.0. The zero-order valence-electron chi connectivity index (χ0n) is 13.5. The van der Waals surface area contributed by atoms with Gasteiger partial charge in [-0.25, -0.2) is 4.79 Å². The first-order chi connectivity index (χ1) is 11.6. The summed E-state index contributed by atoms with van der Waals surface area (Å²) in [6.07, 6.45) is 2.45. The van der Waals surface area contributed by atoms with E-state index in [0.29, 0.717) is 12.8 Å². The molecule has 0 unspecified atom stereocenters. The molecule has 7 heteroatoms. The second-order valence-electron chi connectivity index (χ2n) is 5.84. The summed E-state index contributed by atoms with van der Waals surface area (Å²) in [6, 6.07) is 8.11. The molecule has 2 atom stereocenters. The van der Waals surface area contributed by atoms with E-state index in [9.17, 15) is 19.5 Å². The molecule has 0 bridgehead atoms. The maximum Gasteiger partial charge on any atom is 0.328 e. The molecule has 0 aliphatic carbocycles. The number of carboxylic acids is 1. The summed E-state index contributed by atoms with van der Waals surface area (Å²) in [5.41, 5.74) is 1.04. The molecule has 0 saturated carbocycles. The molecule has 1 aliphatic rings. The standard InChI is InChI=1S/C17H23N3O4/c21-15(9-8-12-5-2-1-3-6-12)19-11-14(17(23)24)20-16(22)13-7-4-10-18-13/h1-3,5-6,13-14,18H,4,7-11H2,(H,19,21)(H,20,22)(H,23,24)/t13-,14-/m0/s1. The van der Waals surface area contributed by atoms with E-state index in [1.54, 1.807) is 0 Å². The third kappa shape index (κ3) is 5.66. The van der Waals surface area contributed by atoms with Crippen LogP contribution in [0.2, 0.25) is 0 Å². The van der Waals surface area contributed by atoms with Gasteiger partial charge < -0.3 is 21.1 Å². The molecular weight excluding hydrogens is 310 g/mol. The summed E-state index contributed by atoms with van der Waals surface area (Å²) in [4.78, 5) is 35.1. The molecule has 1 heterocycles. The molecule has 24 heavy (non-hydrogen) atoms. The Hall–Kier alpha value is -2.41. The van der Waals surface area contributed by atoms with Gasteiger partial charge in [-0.2, -0.15) is 0 Å². The van der Waals surface area contributed by atoms with E-state index in [-0.39, 0.29) is 30.8 Å². The molecule has 0 radical (unpaired) electrons. The Morgan fingerprint density at radius 3 is 2.62 bits per heavy atom. The fourth-order valence-electron chi connectivity index (χ4n) is 2.59. The molecule has 1 aliphatic heterocycles. The average molecular weight is 333 g/mol. The predicted molar refractivity (Wildman–Crippen MR) is 88.4 cm³/mol. The molecule has 0 spiro atoms. The Morgan fingerprint density at radius 2 is 2.00 bits per heavy atom. The highest BCUT2D eigenvalue weighted by atomic mass is 16.4. The molecule has 2 amide bonds. The van der Waals surface area contributed by atoms with Gasteiger partial charge in [-0.15, -0.1) is 0 Å². The van der Waals surface area contributed by atoms with Crippen LogP contribution >= 0.6 is 0 Å². The van der Waals surface area contributed by atoms with Crippen LogP contribution in [0.4, 0.5) is 0 Å². The molecule has 4 N–H and O–H groups in total. The number of aliphatic carboxylic acids is 1. The van der Waals surface area contributed by atoms with E-state index in [0.717, 1.165) is 18.5 Å². The van der Waals surface area contributed by atoms with Crippen LogP contribution in [0.1, 0.15) is 24.8 Å². The first-order valence-electron chi connectivity index (χ1n) is 8.13. The number of aryl methyl sites for hydroxylation is 1. The number of rotatable bonds is 8. The molecule has 1 aromatic rings. The van der Waals surface area contributed by atoms with E-state index in [1.807, 2.05) is 30.3 Å². The van der Waals surface area contributed by atoms with Gasteiger partial charge in [0.25, 0.3) is 0 Å². The minimum atomic E-state index is -1.16. The summed E-state index contributed by atoms with van der Waals surface area (Å²) in [5, 5.41) is 17.3.